The van der Waals surface area contributed by atoms with Gasteiger partial charge in [-0.25, -0.2) is 0 Å². The molecule has 5 heteroatoms. The number of hydrogen-bond donors (Lipinski definition) is 0. The molecule has 4 aliphatic rings. The van der Waals surface area contributed by atoms with Crippen LogP contribution in [-0.4, -0.2) is 18.0 Å². The van der Waals surface area contributed by atoms with E-state index in [4.69, 9.17) is 4.74 Å². The summed E-state index contributed by atoms with van der Waals surface area (Å²) in [6, 6.07) is 0. The summed E-state index contributed by atoms with van der Waals surface area (Å²) in [6.07, 6.45) is 10.3. The van der Waals surface area contributed by atoms with Crippen molar-refractivity contribution in [2.24, 2.45) is 34.5 Å². The third kappa shape index (κ3) is 3.34. The second-order valence-electron chi connectivity index (χ2n) is 9.73. The van der Waals surface area contributed by atoms with E-state index in [9.17, 15) is 14.7 Å². The second kappa shape index (κ2) is 7.50. The minimum Gasteiger partial charge on any atom is -0.550 e. The molecule has 0 spiro atoms. The van der Waals surface area contributed by atoms with Crippen LogP contribution >= 0.6 is 0 Å². The number of carboxylic acid groups (broad SMARTS) is 1. The summed E-state index contributed by atoms with van der Waals surface area (Å²) in [6.45, 7) is 6.11. The van der Waals surface area contributed by atoms with Gasteiger partial charge in [-0.05, 0) is 73.5 Å². The molecule has 4 aliphatic carbocycles. The number of hydrogen-bond acceptors (Lipinski definition) is 4. The third-order valence-electron chi connectivity index (χ3n) is 8.68. The first-order valence-corrected chi connectivity index (χ1v) is 10.3. The smallest absolute Gasteiger partial charge is 0.550 e. The molecule has 0 amide bonds. The fraction of sp³-hybridized carbons (Fsp3) is 0.818. The number of rotatable bonds is 2. The Hall–Kier alpha value is -0.320. The predicted molar refractivity (Wildman–Crippen MR) is 95.8 cm³/mol. The van der Waals surface area contributed by atoms with Gasteiger partial charge in [0.1, 0.15) is 6.10 Å². The topological polar surface area (TPSA) is 66.4 Å². The van der Waals surface area contributed by atoms with Gasteiger partial charge in [-0.1, -0.05) is 25.5 Å². The maximum atomic E-state index is 11.7. The number of aliphatic carboxylic acids is 1. The van der Waals surface area contributed by atoms with Crippen molar-refractivity contribution in [2.45, 2.75) is 78.2 Å². The molecule has 0 aromatic rings. The van der Waals surface area contributed by atoms with E-state index in [1.807, 2.05) is 0 Å². The van der Waals surface area contributed by atoms with Gasteiger partial charge in [-0.3, -0.25) is 4.79 Å². The Balaban J connectivity index is 0.00000210. The zero-order valence-corrected chi connectivity index (χ0v) is 19.3. The Kier molecular flexibility index (Phi) is 5.94. The van der Waals surface area contributed by atoms with Crippen molar-refractivity contribution in [3.05, 3.63) is 11.6 Å². The monoisotopic (exact) mass is 382 g/mol. The summed E-state index contributed by atoms with van der Waals surface area (Å²) in [5, 5.41) is 11.7. The van der Waals surface area contributed by atoms with Crippen LogP contribution in [-0.2, 0) is 14.3 Å². The molecule has 0 radical (unpaired) electrons. The molecule has 0 saturated heterocycles. The minimum absolute atomic E-state index is 0. The van der Waals surface area contributed by atoms with Gasteiger partial charge in [0.15, 0.2) is 0 Å². The van der Waals surface area contributed by atoms with Crippen LogP contribution in [0.25, 0.3) is 0 Å². The fourth-order valence-corrected chi connectivity index (χ4v) is 7.35. The SMILES string of the molecule is CC(=O)OC1CC[C@@]2(C)C(=CC[C@H]3[C@@H]4CC[C@H](C(=O)[O-])[C@@]4(C)CC[C@@H]32)C1.[Na+]. The Bertz CT molecular complexity index is 659. The summed E-state index contributed by atoms with van der Waals surface area (Å²) >= 11 is 0. The molecule has 0 aliphatic heterocycles. The number of ether oxygens (including phenoxy) is 1. The van der Waals surface area contributed by atoms with Crippen molar-refractivity contribution in [3.63, 3.8) is 0 Å². The zero-order chi connectivity index (χ0) is 18.7. The summed E-state index contributed by atoms with van der Waals surface area (Å²) in [5.74, 6) is 0.446. The molecular weight excluding hydrogens is 351 g/mol. The first-order chi connectivity index (χ1) is 12.3. The molecule has 4 nitrogen and oxygen atoms in total. The van der Waals surface area contributed by atoms with Crippen LogP contribution in [0.2, 0.25) is 0 Å². The third-order valence-corrected chi connectivity index (χ3v) is 8.68. The molecule has 7 atom stereocenters. The molecule has 3 fully saturated rings. The Morgan fingerprint density at radius 1 is 1.11 bits per heavy atom. The average Bonchev–Trinajstić information content (AvgIpc) is 2.92. The van der Waals surface area contributed by atoms with Gasteiger partial charge in [0.2, 0.25) is 0 Å². The normalized spacial score (nSPS) is 45.4. The van der Waals surface area contributed by atoms with E-state index in [0.29, 0.717) is 17.8 Å². The van der Waals surface area contributed by atoms with Crippen molar-refractivity contribution in [1.82, 2.24) is 0 Å². The maximum absolute atomic E-state index is 11.7. The van der Waals surface area contributed by atoms with Crippen molar-refractivity contribution < 1.29 is 49.0 Å². The molecule has 0 bridgehead atoms. The van der Waals surface area contributed by atoms with Crippen molar-refractivity contribution in [1.29, 1.82) is 0 Å². The average molecular weight is 382 g/mol. The largest absolute Gasteiger partial charge is 1.00 e. The summed E-state index contributed by atoms with van der Waals surface area (Å²) in [7, 11) is 0. The summed E-state index contributed by atoms with van der Waals surface area (Å²) in [5.41, 5.74) is 1.59. The standard InChI is InChI=1S/C22H32O4.Na/c1-13(23)26-15-8-10-21(2)14(12-15)4-5-16-17-6-7-19(20(24)25)22(17,3)11-9-18(16)21;/h4,15-19H,5-12H2,1-3H3,(H,24,25);/q;+1/p-1/t15?,16-,17-,18-,19+,21-,22-;/m0./s1. The van der Waals surface area contributed by atoms with Crippen LogP contribution in [0.5, 0.6) is 0 Å². The number of fused-ring (bicyclic) bond motifs is 5. The van der Waals surface area contributed by atoms with Gasteiger partial charge in [0.25, 0.3) is 0 Å². The molecule has 27 heavy (non-hydrogen) atoms. The van der Waals surface area contributed by atoms with Gasteiger partial charge < -0.3 is 14.6 Å². The molecule has 0 aromatic carbocycles. The number of allylic oxidation sites excluding steroid dienone is 1. The van der Waals surface area contributed by atoms with E-state index in [2.05, 4.69) is 19.9 Å². The minimum atomic E-state index is -0.839. The van der Waals surface area contributed by atoms with Crippen LogP contribution in [0, 0.1) is 34.5 Å². The number of esters is 1. The van der Waals surface area contributed by atoms with Gasteiger partial charge in [0.05, 0.1) is 0 Å². The molecule has 144 valence electrons. The Morgan fingerprint density at radius 2 is 1.85 bits per heavy atom. The molecule has 1 unspecified atom stereocenters. The van der Waals surface area contributed by atoms with Crippen LogP contribution < -0.4 is 34.7 Å². The quantitative estimate of drug-likeness (QED) is 0.390. The van der Waals surface area contributed by atoms with E-state index in [1.54, 1.807) is 0 Å². The van der Waals surface area contributed by atoms with Gasteiger partial charge >= 0.3 is 35.5 Å². The van der Waals surface area contributed by atoms with Gasteiger partial charge in [-0.15, -0.1) is 0 Å². The van der Waals surface area contributed by atoms with E-state index >= 15 is 0 Å². The molecule has 3 saturated carbocycles. The fourth-order valence-electron chi connectivity index (χ4n) is 7.35. The molecule has 0 aromatic heterocycles. The van der Waals surface area contributed by atoms with Crippen LogP contribution in [0.4, 0.5) is 0 Å². The molecular formula is C22H31NaO4. The first-order valence-electron chi connectivity index (χ1n) is 10.3. The molecule has 0 N–H and O–H groups in total. The van der Waals surface area contributed by atoms with Crippen LogP contribution in [0.1, 0.15) is 72.1 Å². The Labute approximate surface area is 184 Å². The summed E-state index contributed by atoms with van der Waals surface area (Å²) < 4.78 is 5.50. The molecule has 4 rings (SSSR count). The molecule has 0 heterocycles. The second-order valence-corrected chi connectivity index (χ2v) is 9.73. The number of carboxylic acids is 1. The van der Waals surface area contributed by atoms with E-state index in [-0.39, 0.29) is 58.4 Å². The van der Waals surface area contributed by atoms with E-state index in [1.165, 1.54) is 12.5 Å². The number of carbonyl (C=O) groups is 2. The van der Waals surface area contributed by atoms with Crippen LogP contribution in [0.15, 0.2) is 11.6 Å². The van der Waals surface area contributed by atoms with Gasteiger partial charge in [0, 0.05) is 25.2 Å². The predicted octanol–water partition coefficient (Wildman–Crippen LogP) is 0.251. The Morgan fingerprint density at radius 3 is 2.52 bits per heavy atom. The van der Waals surface area contributed by atoms with Crippen molar-refractivity contribution >= 4 is 11.9 Å². The van der Waals surface area contributed by atoms with Crippen molar-refractivity contribution in [3.8, 4) is 0 Å². The van der Waals surface area contributed by atoms with E-state index < -0.39 is 5.97 Å². The summed E-state index contributed by atoms with van der Waals surface area (Å²) in [4.78, 5) is 23.0. The van der Waals surface area contributed by atoms with Gasteiger partial charge in [-0.2, -0.15) is 0 Å². The zero-order valence-electron chi connectivity index (χ0n) is 17.3. The van der Waals surface area contributed by atoms with Crippen molar-refractivity contribution in [2.75, 3.05) is 0 Å². The van der Waals surface area contributed by atoms with Crippen LogP contribution in [0.3, 0.4) is 0 Å². The first kappa shape index (κ1) is 21.4. The number of carbonyl (C=O) groups excluding carboxylic acids is 2. The maximum Gasteiger partial charge on any atom is 1.00 e. The van der Waals surface area contributed by atoms with E-state index in [0.717, 1.165) is 51.4 Å².